The summed E-state index contributed by atoms with van der Waals surface area (Å²) in [4.78, 5) is 16.2. The van der Waals surface area contributed by atoms with Crippen LogP contribution >= 0.6 is 11.3 Å². The Hall–Kier alpha value is -2.72. The van der Waals surface area contributed by atoms with E-state index in [1.54, 1.807) is 28.4 Å². The highest BCUT2D eigenvalue weighted by atomic mass is 32.2. The second kappa shape index (κ2) is 11.9. The Morgan fingerprint density at radius 2 is 1.67 bits per heavy atom. The highest BCUT2D eigenvalue weighted by Gasteiger charge is 2.28. The molecule has 0 saturated carbocycles. The average molecular weight is 489 g/mol. The monoisotopic (exact) mass is 488 g/mol. The minimum Gasteiger partial charge on any atom is -0.497 e. The molecule has 7 nitrogen and oxygen atoms in total. The molecule has 0 fully saturated rings. The van der Waals surface area contributed by atoms with E-state index in [2.05, 4.69) is 0 Å². The summed E-state index contributed by atoms with van der Waals surface area (Å²) in [6.07, 6.45) is 0. The molecule has 1 amide bonds. The highest BCUT2D eigenvalue weighted by molar-refractivity contribution is 7.89. The van der Waals surface area contributed by atoms with Gasteiger partial charge in [0, 0.05) is 25.1 Å². The van der Waals surface area contributed by atoms with Gasteiger partial charge >= 0.3 is 0 Å². The van der Waals surface area contributed by atoms with Gasteiger partial charge in [0.15, 0.2) is 0 Å². The van der Waals surface area contributed by atoms with E-state index in [9.17, 15) is 13.2 Å². The molecule has 0 N–H and O–H groups in total. The molecule has 2 aromatic carbocycles. The van der Waals surface area contributed by atoms with Gasteiger partial charge in [-0.15, -0.1) is 11.3 Å². The molecule has 0 bridgehead atoms. The molecule has 0 atom stereocenters. The fourth-order valence-corrected chi connectivity index (χ4v) is 5.34. The van der Waals surface area contributed by atoms with E-state index in [1.807, 2.05) is 47.8 Å². The minimum absolute atomic E-state index is 0.0643. The van der Waals surface area contributed by atoms with Crippen molar-refractivity contribution in [2.45, 2.75) is 18.0 Å². The highest BCUT2D eigenvalue weighted by Crippen LogP contribution is 2.21. The number of sulfonamides is 1. The van der Waals surface area contributed by atoms with Crippen molar-refractivity contribution in [1.29, 1.82) is 0 Å². The van der Waals surface area contributed by atoms with Crippen molar-refractivity contribution in [1.82, 2.24) is 9.21 Å². The van der Waals surface area contributed by atoms with Gasteiger partial charge in [-0.25, -0.2) is 8.42 Å². The van der Waals surface area contributed by atoms with Gasteiger partial charge in [0.1, 0.15) is 5.75 Å². The smallest absolute Gasteiger partial charge is 0.243 e. The van der Waals surface area contributed by atoms with E-state index in [1.165, 1.54) is 30.7 Å². The van der Waals surface area contributed by atoms with Crippen LogP contribution in [0.2, 0.25) is 0 Å². The van der Waals surface area contributed by atoms with E-state index in [0.29, 0.717) is 18.8 Å². The standard InChI is InChI=1S/C24H28N2O5S2/c1-30-15-14-26(33(28,29)23-12-10-21(31-2)11-13-23)19-24(27)25(18-22-9-6-16-32-22)17-20-7-4-3-5-8-20/h3-13,16H,14-15,17-19H2,1-2H3. The molecule has 0 saturated heterocycles. The van der Waals surface area contributed by atoms with Crippen LogP contribution in [0.3, 0.4) is 0 Å². The quantitative estimate of drug-likeness (QED) is 0.389. The first-order chi connectivity index (χ1) is 15.9. The van der Waals surface area contributed by atoms with Crippen LogP contribution in [0.15, 0.2) is 77.0 Å². The summed E-state index contributed by atoms with van der Waals surface area (Å²) in [5.41, 5.74) is 0.976. The fraction of sp³-hybridized carbons (Fsp3) is 0.292. The Morgan fingerprint density at radius 1 is 0.939 bits per heavy atom. The number of carbonyl (C=O) groups excluding carboxylic acids is 1. The molecule has 0 aliphatic heterocycles. The van der Waals surface area contributed by atoms with Gasteiger partial charge in [-0.05, 0) is 41.3 Å². The Balaban J connectivity index is 1.84. The third-order valence-electron chi connectivity index (χ3n) is 5.05. The molecule has 3 aromatic rings. The lowest BCUT2D eigenvalue weighted by Gasteiger charge is -2.27. The number of rotatable bonds is 12. The first kappa shape index (κ1) is 24.9. The molecule has 9 heteroatoms. The van der Waals surface area contributed by atoms with Crippen molar-refractivity contribution in [2.75, 3.05) is 33.9 Å². The van der Waals surface area contributed by atoms with Gasteiger partial charge in [0.05, 0.1) is 31.7 Å². The number of methoxy groups -OCH3 is 2. The Bertz CT molecular complexity index is 1100. The van der Waals surface area contributed by atoms with Gasteiger partial charge in [0.25, 0.3) is 0 Å². The molecule has 0 aliphatic carbocycles. The molecule has 3 rings (SSSR count). The zero-order valence-electron chi connectivity index (χ0n) is 18.7. The summed E-state index contributed by atoms with van der Waals surface area (Å²) < 4.78 is 38.1. The van der Waals surface area contributed by atoms with E-state index in [-0.39, 0.29) is 30.5 Å². The zero-order valence-corrected chi connectivity index (χ0v) is 20.3. The lowest BCUT2D eigenvalue weighted by Crippen LogP contribution is -2.43. The average Bonchev–Trinajstić information content (AvgIpc) is 3.35. The number of hydrogen-bond acceptors (Lipinski definition) is 6. The molecule has 0 unspecified atom stereocenters. The van der Waals surface area contributed by atoms with Crippen molar-refractivity contribution in [3.63, 3.8) is 0 Å². The van der Waals surface area contributed by atoms with Crippen LogP contribution in [0.25, 0.3) is 0 Å². The van der Waals surface area contributed by atoms with Crippen molar-refractivity contribution in [3.8, 4) is 5.75 Å². The van der Waals surface area contributed by atoms with Crippen LogP contribution in [-0.2, 0) is 32.6 Å². The minimum atomic E-state index is -3.91. The van der Waals surface area contributed by atoms with Crippen LogP contribution < -0.4 is 4.74 Å². The number of amides is 1. The largest absolute Gasteiger partial charge is 0.497 e. The van der Waals surface area contributed by atoms with Gasteiger partial charge < -0.3 is 14.4 Å². The SMILES string of the molecule is COCCN(CC(=O)N(Cc1ccccc1)Cc1cccs1)S(=O)(=O)c1ccc(OC)cc1. The number of benzene rings is 2. The van der Waals surface area contributed by atoms with Crippen molar-refractivity contribution in [2.24, 2.45) is 0 Å². The van der Waals surface area contributed by atoms with E-state index in [4.69, 9.17) is 9.47 Å². The van der Waals surface area contributed by atoms with Gasteiger partial charge in [-0.2, -0.15) is 4.31 Å². The second-order valence-electron chi connectivity index (χ2n) is 7.32. The van der Waals surface area contributed by atoms with Crippen LogP contribution in [0.5, 0.6) is 5.75 Å². The molecule has 1 aromatic heterocycles. The normalized spacial score (nSPS) is 11.5. The Labute approximate surface area is 199 Å². The Morgan fingerprint density at radius 3 is 2.27 bits per heavy atom. The van der Waals surface area contributed by atoms with Gasteiger partial charge in [0.2, 0.25) is 15.9 Å². The van der Waals surface area contributed by atoms with Crippen LogP contribution in [0.4, 0.5) is 0 Å². The first-order valence-corrected chi connectivity index (χ1v) is 12.7. The molecule has 176 valence electrons. The maximum absolute atomic E-state index is 13.4. The zero-order chi connectivity index (χ0) is 23.7. The lowest BCUT2D eigenvalue weighted by molar-refractivity contribution is -0.132. The van der Waals surface area contributed by atoms with E-state index >= 15 is 0 Å². The molecule has 0 radical (unpaired) electrons. The first-order valence-electron chi connectivity index (χ1n) is 10.4. The molecule has 0 spiro atoms. The number of carbonyl (C=O) groups is 1. The maximum Gasteiger partial charge on any atom is 0.243 e. The molecule has 1 heterocycles. The van der Waals surface area contributed by atoms with Gasteiger partial charge in [-0.1, -0.05) is 36.4 Å². The summed E-state index contributed by atoms with van der Waals surface area (Å²) in [6.45, 7) is 0.751. The summed E-state index contributed by atoms with van der Waals surface area (Å²) in [5.74, 6) is 0.277. The number of nitrogens with zero attached hydrogens (tertiary/aromatic N) is 2. The number of thiophene rings is 1. The molecular weight excluding hydrogens is 460 g/mol. The number of ether oxygens (including phenoxy) is 2. The Kier molecular flexibility index (Phi) is 9.02. The summed E-state index contributed by atoms with van der Waals surface area (Å²) in [7, 11) is -0.895. The van der Waals surface area contributed by atoms with Crippen molar-refractivity contribution in [3.05, 3.63) is 82.6 Å². The summed E-state index contributed by atoms with van der Waals surface area (Å²) >= 11 is 1.56. The lowest BCUT2D eigenvalue weighted by atomic mass is 10.2. The van der Waals surface area contributed by atoms with Gasteiger partial charge in [-0.3, -0.25) is 4.79 Å². The topological polar surface area (TPSA) is 76.2 Å². The molecule has 33 heavy (non-hydrogen) atoms. The second-order valence-corrected chi connectivity index (χ2v) is 10.3. The van der Waals surface area contributed by atoms with E-state index in [0.717, 1.165) is 10.4 Å². The molecular formula is C24H28N2O5S2. The molecule has 0 aliphatic rings. The maximum atomic E-state index is 13.4. The third-order valence-corrected chi connectivity index (χ3v) is 7.77. The van der Waals surface area contributed by atoms with E-state index < -0.39 is 10.0 Å². The number of hydrogen-bond donors (Lipinski definition) is 0. The van der Waals surface area contributed by atoms with Crippen LogP contribution in [0.1, 0.15) is 10.4 Å². The summed E-state index contributed by atoms with van der Waals surface area (Å²) in [5, 5.41) is 1.96. The van der Waals surface area contributed by atoms with Crippen molar-refractivity contribution < 1.29 is 22.7 Å². The van der Waals surface area contributed by atoms with Crippen molar-refractivity contribution >= 4 is 27.3 Å². The predicted octanol–water partition coefficient (Wildman–Crippen LogP) is 3.62. The third kappa shape index (κ3) is 6.88. The van der Waals surface area contributed by atoms with Crippen LogP contribution in [0, 0.1) is 0 Å². The summed E-state index contributed by atoms with van der Waals surface area (Å²) in [6, 6.07) is 19.7. The van der Waals surface area contributed by atoms with Crippen LogP contribution in [-0.4, -0.2) is 57.4 Å². The predicted molar refractivity (Wildman–Crippen MR) is 129 cm³/mol. The fourth-order valence-electron chi connectivity index (χ4n) is 3.25.